The fraction of sp³-hybridized carbons (Fsp3) is 0.333. The van der Waals surface area contributed by atoms with Crippen LogP contribution in [0.5, 0.6) is 0 Å². The third-order valence-corrected chi connectivity index (χ3v) is 7.74. The number of aromatic nitrogens is 3. The number of methoxy groups -OCH3 is 2. The van der Waals surface area contributed by atoms with Crippen molar-refractivity contribution in [3.8, 4) is 0 Å². The molecule has 4 bridgehead atoms. The van der Waals surface area contributed by atoms with Crippen LogP contribution in [0.15, 0.2) is 71.3 Å². The monoisotopic (exact) mass is 644 g/mol. The molecule has 2 aromatic heterocycles. The molecule has 47 heavy (non-hydrogen) atoms. The average molecular weight is 645 g/mol. The van der Waals surface area contributed by atoms with Crippen molar-refractivity contribution in [2.24, 2.45) is 0 Å². The second-order valence-electron chi connectivity index (χ2n) is 11.1. The Kier molecular flexibility index (Phi) is 10.6. The normalized spacial score (nSPS) is 17.3. The van der Waals surface area contributed by atoms with Gasteiger partial charge in [0, 0.05) is 13.0 Å². The Balaban J connectivity index is 1.59. The third kappa shape index (κ3) is 8.02. The van der Waals surface area contributed by atoms with Gasteiger partial charge in [0.1, 0.15) is 22.6 Å². The van der Waals surface area contributed by atoms with E-state index in [1.807, 2.05) is 60.7 Å². The van der Waals surface area contributed by atoms with Gasteiger partial charge in [0.2, 0.25) is 5.76 Å². The number of esters is 2. The Bertz CT molecular complexity index is 1700. The lowest BCUT2D eigenvalue weighted by Gasteiger charge is -2.22. The number of benzene rings is 2. The van der Waals surface area contributed by atoms with Crippen molar-refractivity contribution in [1.82, 2.24) is 30.5 Å². The summed E-state index contributed by atoms with van der Waals surface area (Å²) in [5.41, 5.74) is 1.57. The molecule has 4 aromatic rings. The Morgan fingerprint density at radius 1 is 0.936 bits per heavy atom. The summed E-state index contributed by atoms with van der Waals surface area (Å²) in [6.45, 7) is -0.0818. The summed E-state index contributed by atoms with van der Waals surface area (Å²) in [6.07, 6.45) is 2.22. The number of ether oxygens (including phenoxy) is 2. The van der Waals surface area contributed by atoms with E-state index in [2.05, 4.69) is 20.9 Å². The molecule has 14 heteroatoms. The molecular formula is C33H36N6O8. The number of rotatable bonds is 7. The van der Waals surface area contributed by atoms with Crippen LogP contribution >= 0.6 is 0 Å². The summed E-state index contributed by atoms with van der Waals surface area (Å²) in [7, 11) is 2.26. The van der Waals surface area contributed by atoms with Crippen molar-refractivity contribution in [3.63, 3.8) is 0 Å². The fourth-order valence-corrected chi connectivity index (χ4v) is 5.47. The number of nitrogens with zero attached hydrogens (tertiary/aromatic N) is 4. The van der Waals surface area contributed by atoms with Crippen LogP contribution in [0.4, 0.5) is 4.79 Å². The first-order valence-corrected chi connectivity index (χ1v) is 15.1. The van der Waals surface area contributed by atoms with Crippen molar-refractivity contribution < 1.29 is 38.2 Å². The molecule has 3 amide bonds. The number of carbonyl (C=O) groups excluding carboxylic acids is 4. The molecule has 0 radical (unpaired) electrons. The fourth-order valence-electron chi connectivity index (χ4n) is 5.47. The molecule has 0 saturated carbocycles. The van der Waals surface area contributed by atoms with Gasteiger partial charge in [-0.15, -0.1) is 5.10 Å². The predicted octanol–water partition coefficient (Wildman–Crippen LogP) is 2.50. The summed E-state index contributed by atoms with van der Waals surface area (Å²) in [5.74, 6) is -3.01. The van der Waals surface area contributed by atoms with Gasteiger partial charge in [0.15, 0.2) is 0 Å². The van der Waals surface area contributed by atoms with E-state index < -0.39 is 48.3 Å². The Hall–Kier alpha value is -5.50. The first-order chi connectivity index (χ1) is 22.8. The number of fused-ring (bicyclic) bond motifs is 4. The number of hydrogen-bond acceptors (Lipinski definition) is 10. The molecule has 0 spiro atoms. The van der Waals surface area contributed by atoms with E-state index in [1.165, 1.54) is 4.90 Å². The third-order valence-electron chi connectivity index (χ3n) is 7.74. The SMILES string of the molecule is COC(=O)c1c2oc(c1C(=O)OC)C(=O)N(Cc1ccccc1)Cc1cn(nn1)C[C@H](Cc1ccccc1)NC(=O)N[C@H](CO)CC2. The number of aliphatic hydroxyl groups is 1. The zero-order valence-electron chi connectivity index (χ0n) is 26.0. The summed E-state index contributed by atoms with van der Waals surface area (Å²) in [4.78, 5) is 55.0. The summed E-state index contributed by atoms with van der Waals surface area (Å²) >= 11 is 0. The molecule has 1 aliphatic heterocycles. The maximum atomic E-state index is 14.3. The molecule has 5 rings (SSSR count). The maximum Gasteiger partial charge on any atom is 0.342 e. The van der Waals surface area contributed by atoms with Crippen LogP contribution in [-0.4, -0.2) is 81.8 Å². The Labute approximate surface area is 270 Å². The van der Waals surface area contributed by atoms with Gasteiger partial charge in [-0.3, -0.25) is 9.48 Å². The van der Waals surface area contributed by atoms with Crippen LogP contribution in [0.3, 0.4) is 0 Å². The van der Waals surface area contributed by atoms with Crippen LogP contribution in [-0.2, 0) is 41.9 Å². The average Bonchev–Trinajstić information content (AvgIpc) is 3.70. The number of carbonyl (C=O) groups is 4. The summed E-state index contributed by atoms with van der Waals surface area (Å²) in [5, 5.41) is 24.4. The van der Waals surface area contributed by atoms with Gasteiger partial charge in [-0.25, -0.2) is 14.4 Å². The van der Waals surface area contributed by atoms with E-state index in [0.29, 0.717) is 12.1 Å². The number of aliphatic hydroxyl groups excluding tert-OH is 1. The molecule has 0 fully saturated rings. The maximum absolute atomic E-state index is 14.3. The van der Waals surface area contributed by atoms with E-state index in [1.54, 1.807) is 10.9 Å². The first-order valence-electron chi connectivity index (χ1n) is 15.1. The Morgan fingerprint density at radius 3 is 2.23 bits per heavy atom. The first kappa shape index (κ1) is 32.9. The van der Waals surface area contributed by atoms with Gasteiger partial charge in [-0.2, -0.15) is 0 Å². The zero-order chi connectivity index (χ0) is 33.3. The Morgan fingerprint density at radius 2 is 1.57 bits per heavy atom. The number of amides is 3. The summed E-state index contributed by atoms with van der Waals surface area (Å²) in [6, 6.07) is 17.2. The van der Waals surface area contributed by atoms with Crippen molar-refractivity contribution in [2.75, 3.05) is 20.8 Å². The van der Waals surface area contributed by atoms with Crippen molar-refractivity contribution in [1.29, 1.82) is 0 Å². The quantitative estimate of drug-likeness (QED) is 0.253. The smallest absolute Gasteiger partial charge is 0.342 e. The lowest BCUT2D eigenvalue weighted by molar-refractivity contribution is 0.0550. The molecule has 0 unspecified atom stereocenters. The molecule has 2 atom stereocenters. The van der Waals surface area contributed by atoms with Crippen molar-refractivity contribution >= 4 is 23.9 Å². The van der Waals surface area contributed by atoms with Gasteiger partial charge in [-0.05, 0) is 24.0 Å². The van der Waals surface area contributed by atoms with E-state index in [9.17, 15) is 24.3 Å². The van der Waals surface area contributed by atoms with E-state index >= 15 is 0 Å². The van der Waals surface area contributed by atoms with Crippen molar-refractivity contribution in [2.45, 2.75) is 51.0 Å². The van der Waals surface area contributed by atoms with Crippen LogP contribution in [0.1, 0.15) is 60.3 Å². The molecule has 1 aliphatic rings. The van der Waals surface area contributed by atoms with Crippen molar-refractivity contribution in [3.05, 3.63) is 106 Å². The molecule has 0 saturated heterocycles. The highest BCUT2D eigenvalue weighted by molar-refractivity contribution is 6.11. The van der Waals surface area contributed by atoms with Gasteiger partial charge in [0.25, 0.3) is 5.91 Å². The minimum absolute atomic E-state index is 0.0260. The molecule has 14 nitrogen and oxygen atoms in total. The number of urea groups is 1. The van der Waals surface area contributed by atoms with Crippen LogP contribution in [0.2, 0.25) is 0 Å². The highest BCUT2D eigenvalue weighted by Crippen LogP contribution is 2.29. The van der Waals surface area contributed by atoms with Gasteiger partial charge in [-0.1, -0.05) is 65.9 Å². The lowest BCUT2D eigenvalue weighted by atomic mass is 10.0. The molecule has 246 valence electrons. The summed E-state index contributed by atoms with van der Waals surface area (Å²) < 4.78 is 17.5. The molecule has 2 aromatic carbocycles. The van der Waals surface area contributed by atoms with Crippen LogP contribution < -0.4 is 10.6 Å². The van der Waals surface area contributed by atoms with Gasteiger partial charge < -0.3 is 34.5 Å². The lowest BCUT2D eigenvalue weighted by Crippen LogP contribution is -2.49. The standard InChI is InChI=1S/C33H36N6O8/c1-45-31(42)27-26-14-13-23(20-40)34-33(44)35-24(15-21-9-5-3-6-10-21)18-39-19-25(36-37-39)17-38(16-22-11-7-4-8-12-22)30(41)29(47-26)28(27)32(43)46-2/h3-12,19,23-24,40H,13-18,20H2,1-2H3,(H2,34,35,44)/t23-,24-/m0/s1. The van der Waals surface area contributed by atoms with Gasteiger partial charge >= 0.3 is 18.0 Å². The highest BCUT2D eigenvalue weighted by Gasteiger charge is 2.37. The number of hydrogen-bond donors (Lipinski definition) is 3. The second kappa shape index (κ2) is 15.2. The van der Waals surface area contributed by atoms with E-state index in [4.69, 9.17) is 13.9 Å². The largest absolute Gasteiger partial charge is 0.465 e. The topological polar surface area (TPSA) is 178 Å². The van der Waals surface area contributed by atoms with Crippen LogP contribution in [0.25, 0.3) is 0 Å². The number of furan rings is 1. The predicted molar refractivity (Wildman–Crippen MR) is 166 cm³/mol. The van der Waals surface area contributed by atoms with E-state index in [0.717, 1.165) is 25.3 Å². The molecule has 3 heterocycles. The van der Waals surface area contributed by atoms with E-state index in [-0.39, 0.29) is 49.4 Å². The number of nitrogens with one attached hydrogen (secondary N) is 2. The minimum Gasteiger partial charge on any atom is -0.465 e. The molecular weight excluding hydrogens is 608 g/mol. The van der Waals surface area contributed by atoms with Crippen LogP contribution in [0, 0.1) is 0 Å². The van der Waals surface area contributed by atoms with Gasteiger partial charge in [0.05, 0.1) is 52.2 Å². The molecule has 0 aliphatic carbocycles. The zero-order valence-corrected chi connectivity index (χ0v) is 26.0. The highest BCUT2D eigenvalue weighted by atomic mass is 16.5. The minimum atomic E-state index is -0.968. The molecule has 3 N–H and O–H groups in total. The second-order valence-corrected chi connectivity index (χ2v) is 11.1. The number of aryl methyl sites for hydroxylation is 1.